The van der Waals surface area contributed by atoms with Gasteiger partial charge >= 0.3 is 0 Å². The Labute approximate surface area is 222 Å². The fraction of sp³-hybridized carbons (Fsp3) is 0.242. The zero-order valence-corrected chi connectivity index (χ0v) is 21.9. The van der Waals surface area contributed by atoms with Gasteiger partial charge in [-0.05, 0) is 60.7 Å². The van der Waals surface area contributed by atoms with E-state index in [0.29, 0.717) is 22.6 Å². The van der Waals surface area contributed by atoms with E-state index in [1.165, 1.54) is 31.4 Å². The molecule has 2 aromatic heterocycles. The minimum Gasteiger partial charge on any atom is -0.507 e. The van der Waals surface area contributed by atoms with Crippen LogP contribution >= 0.6 is 0 Å². The summed E-state index contributed by atoms with van der Waals surface area (Å²) in [5.74, 6) is 1.23. The minimum absolute atomic E-state index is 0.0760. The van der Waals surface area contributed by atoms with Crippen LogP contribution in [0.3, 0.4) is 0 Å². The van der Waals surface area contributed by atoms with Crippen molar-refractivity contribution in [3.05, 3.63) is 78.9 Å². The van der Waals surface area contributed by atoms with Gasteiger partial charge in [0, 0.05) is 41.2 Å². The average Bonchev–Trinajstić information content (AvgIpc) is 3.57. The Bertz CT molecular complexity index is 1700. The second-order valence-electron chi connectivity index (χ2n) is 9.91. The Kier molecular flexibility index (Phi) is 6.50. The summed E-state index contributed by atoms with van der Waals surface area (Å²) in [6.07, 6.45) is 4.76. The Morgan fingerprint density at radius 3 is 2.29 bits per heavy atom. The van der Waals surface area contributed by atoms with Gasteiger partial charge in [-0.3, -0.25) is 0 Å². The molecule has 2 heterocycles. The van der Waals surface area contributed by atoms with Crippen molar-refractivity contribution < 1.29 is 13.9 Å². The van der Waals surface area contributed by atoms with Gasteiger partial charge in [-0.2, -0.15) is 0 Å². The van der Waals surface area contributed by atoms with Crippen LogP contribution in [0.25, 0.3) is 55.6 Å². The van der Waals surface area contributed by atoms with Gasteiger partial charge in [0.25, 0.3) is 0 Å². The zero-order valence-electron chi connectivity index (χ0n) is 21.9. The molecular weight excluding hydrogens is 472 g/mol. The molecule has 5 heteroatoms. The van der Waals surface area contributed by atoms with Crippen LogP contribution < -0.4 is 4.90 Å². The van der Waals surface area contributed by atoms with Crippen molar-refractivity contribution in [3.8, 4) is 28.5 Å². The molecule has 0 saturated heterocycles. The highest BCUT2D eigenvalue weighted by molar-refractivity contribution is 6.04. The summed E-state index contributed by atoms with van der Waals surface area (Å²) >= 11 is 0. The van der Waals surface area contributed by atoms with Crippen LogP contribution in [0.1, 0.15) is 39.5 Å². The van der Waals surface area contributed by atoms with Gasteiger partial charge in [0.05, 0.1) is 5.56 Å². The number of phenols is 1. The predicted octanol–water partition coefficient (Wildman–Crippen LogP) is 9.17. The highest BCUT2D eigenvalue weighted by atomic mass is 16.4. The number of fused-ring (bicyclic) bond motifs is 4. The van der Waals surface area contributed by atoms with Gasteiger partial charge < -0.3 is 18.8 Å². The highest BCUT2D eigenvalue weighted by Gasteiger charge is 2.17. The van der Waals surface area contributed by atoms with Gasteiger partial charge in [-0.15, -0.1) is 0 Å². The molecule has 0 aliphatic heterocycles. The molecule has 0 bridgehead atoms. The van der Waals surface area contributed by atoms with Crippen LogP contribution in [-0.2, 0) is 0 Å². The summed E-state index contributed by atoms with van der Waals surface area (Å²) in [5, 5.41) is 13.9. The van der Waals surface area contributed by atoms with Crippen molar-refractivity contribution in [2.24, 2.45) is 0 Å². The molecule has 0 atom stereocenters. The first-order valence-corrected chi connectivity index (χ1v) is 13.5. The maximum absolute atomic E-state index is 10.9. The van der Waals surface area contributed by atoms with E-state index in [1.807, 2.05) is 42.5 Å². The Balaban J connectivity index is 1.32. The van der Waals surface area contributed by atoms with Crippen molar-refractivity contribution in [2.45, 2.75) is 39.5 Å². The summed E-state index contributed by atoms with van der Waals surface area (Å²) in [6, 6.07) is 26.2. The number of unbranched alkanes of at least 4 members (excludes halogenated alkanes) is 2. The van der Waals surface area contributed by atoms with Crippen molar-refractivity contribution >= 4 is 38.5 Å². The van der Waals surface area contributed by atoms with Gasteiger partial charge in [0.15, 0.2) is 5.58 Å². The molecular formula is C33H32N2O3. The quantitative estimate of drug-likeness (QED) is 0.213. The largest absolute Gasteiger partial charge is 0.507 e. The first-order chi connectivity index (χ1) is 18.6. The summed E-state index contributed by atoms with van der Waals surface area (Å²) in [5.41, 5.74) is 4.90. The number of anilines is 1. The average molecular weight is 505 g/mol. The van der Waals surface area contributed by atoms with Crippen molar-refractivity contribution in [1.82, 2.24) is 4.98 Å². The third kappa shape index (κ3) is 4.49. The van der Waals surface area contributed by atoms with Crippen LogP contribution in [0.4, 0.5) is 5.69 Å². The molecule has 0 amide bonds. The van der Waals surface area contributed by atoms with Gasteiger partial charge in [-0.1, -0.05) is 57.0 Å². The number of rotatable bonds is 9. The lowest BCUT2D eigenvalue weighted by atomic mass is 10.1. The molecule has 0 fully saturated rings. The molecule has 38 heavy (non-hydrogen) atoms. The molecule has 1 N–H and O–H groups in total. The Morgan fingerprint density at radius 1 is 0.763 bits per heavy atom. The van der Waals surface area contributed by atoms with Crippen molar-refractivity contribution in [1.29, 1.82) is 0 Å². The van der Waals surface area contributed by atoms with Crippen LogP contribution in [0.15, 0.2) is 87.7 Å². The minimum atomic E-state index is 0.0760. The fourth-order valence-electron chi connectivity index (χ4n) is 5.07. The number of nitrogens with zero attached hydrogens (tertiary/aromatic N) is 2. The van der Waals surface area contributed by atoms with Crippen LogP contribution in [0.5, 0.6) is 5.75 Å². The molecule has 0 aliphatic carbocycles. The van der Waals surface area contributed by atoms with Crippen LogP contribution in [0.2, 0.25) is 0 Å². The normalized spacial score (nSPS) is 11.6. The number of aromatic hydroxyl groups is 1. The second kappa shape index (κ2) is 10.3. The van der Waals surface area contributed by atoms with Gasteiger partial charge in [0.2, 0.25) is 5.89 Å². The third-order valence-corrected chi connectivity index (χ3v) is 7.23. The number of phenolic OH excluding ortho intramolecular Hbond substituents is 1. The third-order valence-electron chi connectivity index (χ3n) is 7.23. The fourth-order valence-corrected chi connectivity index (χ4v) is 5.07. The lowest BCUT2D eigenvalue weighted by Gasteiger charge is -2.24. The maximum atomic E-state index is 10.9. The first-order valence-electron chi connectivity index (χ1n) is 13.5. The van der Waals surface area contributed by atoms with E-state index in [9.17, 15) is 5.11 Å². The predicted molar refractivity (Wildman–Crippen MR) is 156 cm³/mol. The van der Waals surface area contributed by atoms with Gasteiger partial charge in [-0.25, -0.2) is 4.98 Å². The molecule has 5 nitrogen and oxygen atoms in total. The maximum Gasteiger partial charge on any atom is 0.231 e. The summed E-state index contributed by atoms with van der Waals surface area (Å²) in [6.45, 7) is 6.62. The number of benzene rings is 4. The topological polar surface area (TPSA) is 62.6 Å². The SMILES string of the molecule is CCCCN(CCCC)c1ccc(-c2cc3cc(-c4nc5c(ccc6ccccc65)o4)c(O)cc3o2)cc1. The smallest absolute Gasteiger partial charge is 0.231 e. The molecule has 0 unspecified atom stereocenters. The second-order valence-corrected chi connectivity index (χ2v) is 9.91. The molecule has 192 valence electrons. The van der Waals surface area contributed by atoms with Crippen molar-refractivity contribution in [3.63, 3.8) is 0 Å². The monoisotopic (exact) mass is 504 g/mol. The number of hydrogen-bond acceptors (Lipinski definition) is 5. The number of furan rings is 1. The van der Waals surface area contributed by atoms with E-state index >= 15 is 0 Å². The number of aromatic nitrogens is 1. The van der Waals surface area contributed by atoms with Crippen molar-refractivity contribution in [2.75, 3.05) is 18.0 Å². The number of oxazole rings is 1. The van der Waals surface area contributed by atoms with E-state index < -0.39 is 0 Å². The summed E-state index contributed by atoms with van der Waals surface area (Å²) in [4.78, 5) is 7.23. The van der Waals surface area contributed by atoms with Crippen LogP contribution in [0, 0.1) is 0 Å². The summed E-state index contributed by atoms with van der Waals surface area (Å²) in [7, 11) is 0. The Morgan fingerprint density at radius 2 is 1.53 bits per heavy atom. The molecule has 0 aliphatic rings. The van der Waals surface area contributed by atoms with Crippen LogP contribution in [-0.4, -0.2) is 23.2 Å². The van der Waals surface area contributed by atoms with E-state index in [-0.39, 0.29) is 5.75 Å². The zero-order chi connectivity index (χ0) is 26.1. The molecule has 0 saturated carbocycles. The molecule has 6 rings (SSSR count). The molecule has 4 aromatic carbocycles. The lowest BCUT2D eigenvalue weighted by molar-refractivity contribution is 0.473. The van der Waals surface area contributed by atoms with E-state index in [1.54, 1.807) is 6.07 Å². The lowest BCUT2D eigenvalue weighted by Crippen LogP contribution is -2.25. The molecule has 0 radical (unpaired) electrons. The first kappa shape index (κ1) is 24.1. The summed E-state index contributed by atoms with van der Waals surface area (Å²) < 4.78 is 12.2. The van der Waals surface area contributed by atoms with Gasteiger partial charge in [0.1, 0.15) is 22.6 Å². The van der Waals surface area contributed by atoms with E-state index in [4.69, 9.17) is 13.8 Å². The van der Waals surface area contributed by atoms with E-state index in [0.717, 1.165) is 46.1 Å². The molecule has 0 spiro atoms. The molecule has 6 aromatic rings. The highest BCUT2D eigenvalue weighted by Crippen LogP contribution is 2.38. The standard InChI is InChI=1S/C33H32N2O3/c1-3-5-17-35(18-6-4-2)25-14-11-23(12-15-25)30-20-24-19-27(28(36)21-31(24)37-30)33-34-32-26-10-8-7-9-22(26)13-16-29(32)38-33/h7-16,19-21,36H,3-6,17-18H2,1-2H3. The Hall–Kier alpha value is -4.25. The van der Waals surface area contributed by atoms with E-state index in [2.05, 4.69) is 49.1 Å². The number of hydrogen-bond donors (Lipinski definition) is 1.